The van der Waals surface area contributed by atoms with Crippen LogP contribution in [0, 0.1) is 13.8 Å². The number of hydrogen-bond acceptors (Lipinski definition) is 4. The van der Waals surface area contributed by atoms with E-state index in [1.807, 2.05) is 52.0 Å². The molecule has 5 heteroatoms. The average Bonchev–Trinajstić information content (AvgIpc) is 2.81. The van der Waals surface area contributed by atoms with Crippen LogP contribution in [0.3, 0.4) is 0 Å². The number of aryl methyl sites for hydroxylation is 2. The summed E-state index contributed by atoms with van der Waals surface area (Å²) in [5.74, 6) is 1.52. The number of rotatable bonds is 4. The zero-order valence-corrected chi connectivity index (χ0v) is 13.8. The van der Waals surface area contributed by atoms with Crippen LogP contribution in [-0.2, 0) is 6.54 Å². The van der Waals surface area contributed by atoms with Crippen molar-refractivity contribution in [3.63, 3.8) is 0 Å². The van der Waals surface area contributed by atoms with Crippen LogP contribution >= 0.6 is 0 Å². The Kier molecular flexibility index (Phi) is 3.94. The van der Waals surface area contributed by atoms with E-state index in [2.05, 4.69) is 5.16 Å². The fourth-order valence-electron chi connectivity index (χ4n) is 2.63. The summed E-state index contributed by atoms with van der Waals surface area (Å²) < 4.78 is 12.5. The lowest BCUT2D eigenvalue weighted by molar-refractivity contribution is 0.243. The van der Waals surface area contributed by atoms with Crippen molar-refractivity contribution in [2.24, 2.45) is 0 Å². The molecule has 3 aromatic rings. The molecule has 2 heterocycles. The maximum atomic E-state index is 12.7. The number of ether oxygens (including phenoxy) is 1. The van der Waals surface area contributed by atoms with Crippen molar-refractivity contribution < 1.29 is 9.26 Å². The van der Waals surface area contributed by atoms with E-state index < -0.39 is 0 Å². The number of hydrogen-bond donors (Lipinski definition) is 0. The topological polar surface area (TPSA) is 57.3 Å². The minimum absolute atomic E-state index is 0.0291. The van der Waals surface area contributed by atoms with Gasteiger partial charge in [-0.1, -0.05) is 5.16 Å². The van der Waals surface area contributed by atoms with Crippen molar-refractivity contribution in [3.05, 3.63) is 57.8 Å². The van der Waals surface area contributed by atoms with E-state index in [0.717, 1.165) is 28.2 Å². The molecule has 23 heavy (non-hydrogen) atoms. The Morgan fingerprint density at radius 3 is 2.70 bits per heavy atom. The molecule has 0 aliphatic rings. The highest BCUT2D eigenvalue weighted by atomic mass is 16.5. The van der Waals surface area contributed by atoms with Gasteiger partial charge in [-0.25, -0.2) is 0 Å². The van der Waals surface area contributed by atoms with Crippen molar-refractivity contribution in [1.29, 1.82) is 0 Å². The van der Waals surface area contributed by atoms with Gasteiger partial charge in [-0.2, -0.15) is 0 Å². The minimum atomic E-state index is -0.0291. The zero-order chi connectivity index (χ0) is 16.6. The number of nitrogens with zero attached hydrogens (tertiary/aromatic N) is 2. The highest BCUT2D eigenvalue weighted by Gasteiger charge is 2.11. The summed E-state index contributed by atoms with van der Waals surface area (Å²) in [7, 11) is 0. The van der Waals surface area contributed by atoms with Gasteiger partial charge in [0.05, 0.1) is 18.3 Å². The fourth-order valence-corrected chi connectivity index (χ4v) is 2.63. The Morgan fingerprint density at radius 1 is 1.26 bits per heavy atom. The molecule has 0 N–H and O–H groups in total. The van der Waals surface area contributed by atoms with Crippen LogP contribution in [0.2, 0.25) is 0 Å². The van der Waals surface area contributed by atoms with E-state index in [1.54, 1.807) is 10.8 Å². The SMILES string of the molecule is Cc1noc(C)c1Cn1ccc2cc(OC(C)C)ccc2c1=O. The summed E-state index contributed by atoms with van der Waals surface area (Å²) in [6, 6.07) is 7.49. The Labute approximate surface area is 134 Å². The van der Waals surface area contributed by atoms with Crippen LogP contribution in [0.15, 0.2) is 39.8 Å². The zero-order valence-electron chi connectivity index (χ0n) is 13.8. The van der Waals surface area contributed by atoms with Crippen LogP contribution < -0.4 is 10.3 Å². The largest absolute Gasteiger partial charge is 0.491 e. The minimum Gasteiger partial charge on any atom is -0.491 e. The van der Waals surface area contributed by atoms with E-state index in [-0.39, 0.29) is 11.7 Å². The van der Waals surface area contributed by atoms with Crippen LogP contribution in [0.4, 0.5) is 0 Å². The standard InChI is InChI=1S/C18H20N2O3/c1-11(2)22-15-5-6-16-14(9-15)7-8-20(18(16)21)10-17-12(3)19-23-13(17)4/h5-9,11H,10H2,1-4H3. The van der Waals surface area contributed by atoms with Gasteiger partial charge in [-0.05, 0) is 57.3 Å². The Balaban J connectivity index is 2.01. The van der Waals surface area contributed by atoms with Gasteiger partial charge in [0, 0.05) is 17.1 Å². The quantitative estimate of drug-likeness (QED) is 0.740. The maximum absolute atomic E-state index is 12.7. The number of pyridine rings is 1. The first kappa shape index (κ1) is 15.3. The lowest BCUT2D eigenvalue weighted by Gasteiger charge is -2.11. The smallest absolute Gasteiger partial charge is 0.258 e. The third kappa shape index (κ3) is 2.99. The Hall–Kier alpha value is -2.56. The molecule has 1 aromatic carbocycles. The van der Waals surface area contributed by atoms with E-state index in [1.165, 1.54) is 0 Å². The molecule has 0 radical (unpaired) electrons. The third-order valence-electron chi connectivity index (χ3n) is 3.83. The van der Waals surface area contributed by atoms with Crippen LogP contribution in [0.1, 0.15) is 30.9 Å². The molecule has 0 saturated carbocycles. The molecule has 120 valence electrons. The van der Waals surface area contributed by atoms with Gasteiger partial charge >= 0.3 is 0 Å². The summed E-state index contributed by atoms with van der Waals surface area (Å²) >= 11 is 0. The lowest BCUT2D eigenvalue weighted by atomic mass is 10.1. The molecule has 0 aliphatic carbocycles. The highest BCUT2D eigenvalue weighted by molar-refractivity contribution is 5.82. The first-order chi connectivity index (χ1) is 11.0. The maximum Gasteiger partial charge on any atom is 0.258 e. The van der Waals surface area contributed by atoms with Gasteiger partial charge < -0.3 is 13.8 Å². The van der Waals surface area contributed by atoms with Crippen molar-refractivity contribution in [2.75, 3.05) is 0 Å². The number of benzene rings is 1. The molecule has 0 saturated heterocycles. The van der Waals surface area contributed by atoms with E-state index in [4.69, 9.17) is 9.26 Å². The summed E-state index contributed by atoms with van der Waals surface area (Å²) in [6.45, 7) is 8.15. The molecule has 5 nitrogen and oxygen atoms in total. The highest BCUT2D eigenvalue weighted by Crippen LogP contribution is 2.20. The predicted octanol–water partition coefficient (Wildman–Crippen LogP) is 3.44. The van der Waals surface area contributed by atoms with E-state index in [9.17, 15) is 4.79 Å². The first-order valence-electron chi connectivity index (χ1n) is 7.67. The normalized spacial score (nSPS) is 11.3. The molecule has 3 rings (SSSR count). The molecule has 0 spiro atoms. The summed E-state index contributed by atoms with van der Waals surface area (Å²) in [5.41, 5.74) is 1.74. The number of fused-ring (bicyclic) bond motifs is 1. The molecule has 0 atom stereocenters. The second-order valence-corrected chi connectivity index (χ2v) is 5.97. The van der Waals surface area contributed by atoms with Crippen LogP contribution in [0.25, 0.3) is 10.8 Å². The van der Waals surface area contributed by atoms with Gasteiger partial charge in [0.1, 0.15) is 11.5 Å². The summed E-state index contributed by atoms with van der Waals surface area (Å²) in [4.78, 5) is 12.7. The fraction of sp³-hybridized carbons (Fsp3) is 0.333. The van der Waals surface area contributed by atoms with Crippen molar-refractivity contribution in [3.8, 4) is 5.75 Å². The van der Waals surface area contributed by atoms with Crippen LogP contribution in [-0.4, -0.2) is 15.8 Å². The summed E-state index contributed by atoms with van der Waals surface area (Å²) in [6.07, 6.45) is 1.91. The third-order valence-corrected chi connectivity index (χ3v) is 3.83. The summed E-state index contributed by atoms with van der Waals surface area (Å²) in [5, 5.41) is 5.49. The second kappa shape index (κ2) is 5.91. The average molecular weight is 312 g/mol. The molecule has 0 bridgehead atoms. The van der Waals surface area contributed by atoms with Crippen molar-refractivity contribution in [2.45, 2.75) is 40.3 Å². The molecule has 0 unspecified atom stereocenters. The van der Waals surface area contributed by atoms with E-state index in [0.29, 0.717) is 11.9 Å². The van der Waals surface area contributed by atoms with Gasteiger partial charge in [0.25, 0.3) is 5.56 Å². The van der Waals surface area contributed by atoms with Gasteiger partial charge in [0.15, 0.2) is 0 Å². The van der Waals surface area contributed by atoms with Gasteiger partial charge in [0.2, 0.25) is 0 Å². The molecule has 0 fully saturated rings. The van der Waals surface area contributed by atoms with Crippen molar-refractivity contribution >= 4 is 10.8 Å². The Bertz CT molecular complexity index is 887. The lowest BCUT2D eigenvalue weighted by Crippen LogP contribution is -2.20. The number of aromatic nitrogens is 2. The van der Waals surface area contributed by atoms with Gasteiger partial charge in [-0.15, -0.1) is 0 Å². The molecule has 0 amide bonds. The molecular weight excluding hydrogens is 292 g/mol. The monoisotopic (exact) mass is 312 g/mol. The van der Waals surface area contributed by atoms with Crippen molar-refractivity contribution in [1.82, 2.24) is 9.72 Å². The van der Waals surface area contributed by atoms with Crippen LogP contribution in [0.5, 0.6) is 5.75 Å². The van der Waals surface area contributed by atoms with Gasteiger partial charge in [-0.3, -0.25) is 4.79 Å². The molecular formula is C18H20N2O3. The Morgan fingerprint density at radius 2 is 2.04 bits per heavy atom. The second-order valence-electron chi connectivity index (χ2n) is 5.97. The molecule has 0 aliphatic heterocycles. The molecule has 2 aromatic heterocycles. The first-order valence-corrected chi connectivity index (χ1v) is 7.67. The van der Waals surface area contributed by atoms with E-state index >= 15 is 0 Å². The predicted molar refractivity (Wildman–Crippen MR) is 89.1 cm³/mol.